The van der Waals surface area contributed by atoms with E-state index >= 15 is 0 Å². The molecule has 132 valence electrons. The molecule has 0 bridgehead atoms. The molecule has 1 aromatic heterocycles. The van der Waals surface area contributed by atoms with E-state index in [2.05, 4.69) is 91.7 Å². The molecule has 0 saturated heterocycles. The fraction of sp³-hybridized carbons (Fsp3) is 0.120. The Morgan fingerprint density at radius 3 is 2.56 bits per heavy atom. The molecule has 0 unspecified atom stereocenters. The highest BCUT2D eigenvalue weighted by molar-refractivity contribution is 6.11. The van der Waals surface area contributed by atoms with E-state index in [1.807, 2.05) is 6.07 Å². The fourth-order valence-electron chi connectivity index (χ4n) is 3.93. The summed E-state index contributed by atoms with van der Waals surface area (Å²) >= 11 is 0. The van der Waals surface area contributed by atoms with Crippen molar-refractivity contribution in [1.29, 1.82) is 0 Å². The van der Waals surface area contributed by atoms with Crippen LogP contribution in [0, 0.1) is 6.92 Å². The molecule has 0 spiro atoms. The minimum absolute atomic E-state index is 0.920. The number of rotatable bonds is 3. The van der Waals surface area contributed by atoms with Gasteiger partial charge in [0.05, 0.1) is 5.69 Å². The van der Waals surface area contributed by atoms with E-state index in [0.717, 1.165) is 17.7 Å². The molecule has 2 nitrogen and oxygen atoms in total. The van der Waals surface area contributed by atoms with Crippen LogP contribution in [0.3, 0.4) is 0 Å². The lowest BCUT2D eigenvalue weighted by Gasteiger charge is -2.33. The normalized spacial score (nSPS) is 14.1. The molecule has 0 aliphatic carbocycles. The van der Waals surface area contributed by atoms with Crippen LogP contribution in [0.15, 0.2) is 83.4 Å². The first-order valence-electron chi connectivity index (χ1n) is 9.36. The summed E-state index contributed by atoms with van der Waals surface area (Å²) in [6.45, 7) is 5.10. The Morgan fingerprint density at radius 2 is 1.74 bits per heavy atom. The van der Waals surface area contributed by atoms with Crippen molar-refractivity contribution in [2.75, 3.05) is 4.90 Å². The van der Waals surface area contributed by atoms with E-state index in [9.17, 15) is 0 Å². The molecule has 0 radical (unpaired) electrons. The van der Waals surface area contributed by atoms with E-state index in [4.69, 9.17) is 4.42 Å². The number of hydrogen-bond acceptors (Lipinski definition) is 2. The third kappa shape index (κ3) is 2.48. The molecule has 5 rings (SSSR count). The van der Waals surface area contributed by atoms with Crippen LogP contribution >= 0.6 is 0 Å². The first kappa shape index (κ1) is 16.0. The average molecular weight is 351 g/mol. The molecule has 0 atom stereocenters. The molecule has 27 heavy (non-hydrogen) atoms. The molecule has 2 heteroatoms. The quantitative estimate of drug-likeness (QED) is 0.376. The number of anilines is 1. The summed E-state index contributed by atoms with van der Waals surface area (Å²) in [5.41, 5.74) is 8.16. The van der Waals surface area contributed by atoms with Gasteiger partial charge in [0.25, 0.3) is 0 Å². The van der Waals surface area contributed by atoms with Gasteiger partial charge >= 0.3 is 0 Å². The molecule has 1 aliphatic rings. The molecule has 0 fully saturated rings. The molecular weight excluding hydrogens is 330 g/mol. The lowest BCUT2D eigenvalue weighted by molar-refractivity contribution is 0.659. The monoisotopic (exact) mass is 351 g/mol. The number of hydrogen-bond donors (Lipinski definition) is 0. The first-order valence-corrected chi connectivity index (χ1v) is 9.36. The third-order valence-electron chi connectivity index (χ3n) is 5.40. The smallest absolute Gasteiger partial charge is 0.159 e. The van der Waals surface area contributed by atoms with Crippen molar-refractivity contribution in [3.63, 3.8) is 0 Å². The van der Waals surface area contributed by atoms with Crippen molar-refractivity contribution in [1.82, 2.24) is 0 Å². The minimum Gasteiger partial charge on any atom is -0.454 e. The van der Waals surface area contributed by atoms with Crippen LogP contribution in [0.25, 0.3) is 27.5 Å². The van der Waals surface area contributed by atoms with Crippen LogP contribution in [0.1, 0.15) is 23.6 Å². The van der Waals surface area contributed by atoms with Gasteiger partial charge in [-0.1, -0.05) is 60.7 Å². The van der Waals surface area contributed by atoms with Gasteiger partial charge in [-0.2, -0.15) is 0 Å². The van der Waals surface area contributed by atoms with Gasteiger partial charge < -0.3 is 9.32 Å². The summed E-state index contributed by atoms with van der Waals surface area (Å²) in [6, 6.07) is 21.3. The van der Waals surface area contributed by atoms with Crippen LogP contribution in [0.4, 0.5) is 5.69 Å². The maximum Gasteiger partial charge on any atom is 0.159 e. The van der Waals surface area contributed by atoms with E-state index in [1.165, 1.54) is 38.7 Å². The van der Waals surface area contributed by atoms with Crippen molar-refractivity contribution in [2.45, 2.75) is 20.4 Å². The molecule has 3 aromatic carbocycles. The maximum absolute atomic E-state index is 6.30. The van der Waals surface area contributed by atoms with E-state index in [0.29, 0.717) is 0 Å². The van der Waals surface area contributed by atoms with Crippen molar-refractivity contribution in [3.05, 3.63) is 95.7 Å². The Labute approximate surface area is 159 Å². The Kier molecular flexibility index (Phi) is 3.64. The number of fused-ring (bicyclic) bond motifs is 5. The van der Waals surface area contributed by atoms with Crippen LogP contribution in [-0.4, -0.2) is 0 Å². The lowest BCUT2D eigenvalue weighted by atomic mass is 9.99. The number of benzene rings is 3. The van der Waals surface area contributed by atoms with Gasteiger partial charge in [0.2, 0.25) is 0 Å². The van der Waals surface area contributed by atoms with E-state index in [-0.39, 0.29) is 0 Å². The molecule has 0 saturated carbocycles. The summed E-state index contributed by atoms with van der Waals surface area (Å²) in [5.74, 6) is 0. The van der Waals surface area contributed by atoms with Crippen molar-refractivity contribution in [2.24, 2.45) is 0 Å². The summed E-state index contributed by atoms with van der Waals surface area (Å²) in [6.07, 6.45) is 6.51. The second-order valence-corrected chi connectivity index (χ2v) is 7.06. The van der Waals surface area contributed by atoms with E-state index in [1.54, 1.807) is 0 Å². The van der Waals surface area contributed by atoms with Crippen molar-refractivity contribution in [3.8, 4) is 0 Å². The van der Waals surface area contributed by atoms with Crippen LogP contribution < -0.4 is 4.90 Å². The van der Waals surface area contributed by atoms with Gasteiger partial charge in [-0.05, 0) is 48.3 Å². The molecule has 4 aromatic rings. The van der Waals surface area contributed by atoms with Crippen LogP contribution in [0.5, 0.6) is 0 Å². The first-order chi connectivity index (χ1) is 13.3. The topological polar surface area (TPSA) is 16.4 Å². The molecular formula is C25H21NO. The number of allylic oxidation sites excluding steroid dienone is 3. The number of furan rings is 1. The van der Waals surface area contributed by atoms with Gasteiger partial charge in [-0.15, -0.1) is 0 Å². The third-order valence-corrected chi connectivity index (χ3v) is 5.40. The summed E-state index contributed by atoms with van der Waals surface area (Å²) in [5, 5.41) is 2.39. The van der Waals surface area contributed by atoms with Gasteiger partial charge in [0.1, 0.15) is 5.58 Å². The highest BCUT2D eigenvalue weighted by Gasteiger charge is 2.26. The van der Waals surface area contributed by atoms with E-state index < -0.39 is 0 Å². The largest absolute Gasteiger partial charge is 0.454 e. The lowest BCUT2D eigenvalue weighted by Crippen LogP contribution is -2.26. The number of aryl methyl sites for hydroxylation is 1. The number of nitrogens with zero attached hydrogens (tertiary/aromatic N) is 1. The average Bonchev–Trinajstić information content (AvgIpc) is 3.04. The second-order valence-electron chi connectivity index (χ2n) is 7.06. The van der Waals surface area contributed by atoms with Gasteiger partial charge in [-0.25, -0.2) is 0 Å². The summed E-state index contributed by atoms with van der Waals surface area (Å²) in [7, 11) is 0. The predicted octanol–water partition coefficient (Wildman–Crippen LogP) is 6.83. The molecule has 0 N–H and O–H groups in total. The van der Waals surface area contributed by atoms with Gasteiger partial charge in [-0.3, -0.25) is 0 Å². The zero-order valence-electron chi connectivity index (χ0n) is 15.6. The minimum atomic E-state index is 0.920. The van der Waals surface area contributed by atoms with Crippen molar-refractivity contribution >= 4 is 33.2 Å². The van der Waals surface area contributed by atoms with Crippen molar-refractivity contribution < 1.29 is 4.42 Å². The molecule has 1 aliphatic heterocycles. The summed E-state index contributed by atoms with van der Waals surface area (Å²) in [4.78, 5) is 2.28. The Hall–Kier alpha value is -3.26. The van der Waals surface area contributed by atoms with Crippen LogP contribution in [-0.2, 0) is 6.54 Å². The standard InChI is InChI=1S/C25H21NO/c1-3-18(19-9-5-4-6-10-19)14-15-26-16-20-12-13-22-21-11-7-8-17(2)24(21)27-25(22)23(20)26/h3-15H,16H2,1-2H3/b15-14-,18-3+. The number of para-hydroxylation sites is 1. The van der Waals surface area contributed by atoms with Crippen LogP contribution in [0.2, 0.25) is 0 Å². The highest BCUT2D eigenvalue weighted by Crippen LogP contribution is 2.44. The fourth-order valence-corrected chi connectivity index (χ4v) is 3.93. The van der Waals surface area contributed by atoms with Gasteiger partial charge in [0, 0.05) is 23.5 Å². The Balaban J connectivity index is 1.56. The molecule has 2 heterocycles. The zero-order chi connectivity index (χ0) is 18.4. The van der Waals surface area contributed by atoms with Gasteiger partial charge in [0.15, 0.2) is 5.58 Å². The Morgan fingerprint density at radius 1 is 0.926 bits per heavy atom. The maximum atomic E-state index is 6.30. The predicted molar refractivity (Wildman–Crippen MR) is 114 cm³/mol. The molecule has 0 amide bonds. The zero-order valence-corrected chi connectivity index (χ0v) is 15.6. The summed E-state index contributed by atoms with van der Waals surface area (Å²) < 4.78 is 6.30. The highest BCUT2D eigenvalue weighted by atomic mass is 16.3. The SMILES string of the molecule is C/C=C(\C=C/N1Cc2ccc3c(oc4c(C)cccc43)c21)c1ccccc1. The Bertz CT molecular complexity index is 1210. The second kappa shape index (κ2) is 6.17.